The highest BCUT2D eigenvalue weighted by Gasteiger charge is 2.43. The molecule has 8 nitrogen and oxygen atoms in total. The van der Waals surface area contributed by atoms with Gasteiger partial charge in [-0.25, -0.2) is 14.4 Å². The van der Waals surface area contributed by atoms with Gasteiger partial charge in [0.1, 0.15) is 12.7 Å². The van der Waals surface area contributed by atoms with Crippen molar-refractivity contribution in [1.82, 2.24) is 0 Å². The highest BCUT2D eigenvalue weighted by atomic mass is 16.7. The molecule has 8 heteroatoms. The zero-order chi connectivity index (χ0) is 24.6. The molecule has 1 aliphatic rings. The fraction of sp³-hybridized carbons (Fsp3) is 0.222. The smallest absolute Gasteiger partial charge is 0.338 e. The van der Waals surface area contributed by atoms with Crippen LogP contribution in [0.1, 0.15) is 37.5 Å². The molecule has 1 N–H and O–H groups in total. The lowest BCUT2D eigenvalue weighted by Gasteiger charge is -2.38. The standard InChI is InChI=1S/C27H24O8/c28-24(18-10-4-1-5-11-18)32-17-21-16-22(34-25(29)19-12-6-2-7-13-19)23(27(31)33-21)35-26(30)20-14-8-3-9-15-20/h1-15,21-23,27,31H,16-17H2/t21-,22-,23+,27?/m0/s1. The Bertz CT molecular complexity index is 1130. The van der Waals surface area contributed by atoms with E-state index in [4.69, 9.17) is 18.9 Å². The van der Waals surface area contributed by atoms with Crippen LogP contribution < -0.4 is 0 Å². The molecule has 0 spiro atoms. The molecule has 4 atom stereocenters. The fourth-order valence-corrected chi connectivity index (χ4v) is 3.64. The molecule has 1 heterocycles. The second-order valence-electron chi connectivity index (χ2n) is 7.89. The first-order chi connectivity index (χ1) is 17.0. The Labute approximate surface area is 202 Å². The summed E-state index contributed by atoms with van der Waals surface area (Å²) >= 11 is 0. The molecule has 1 aliphatic heterocycles. The molecule has 0 amide bonds. The van der Waals surface area contributed by atoms with Gasteiger partial charge in [0.15, 0.2) is 12.4 Å². The zero-order valence-electron chi connectivity index (χ0n) is 18.7. The summed E-state index contributed by atoms with van der Waals surface area (Å²) in [5, 5.41) is 10.6. The van der Waals surface area contributed by atoms with Crippen LogP contribution in [0.4, 0.5) is 0 Å². The van der Waals surface area contributed by atoms with Gasteiger partial charge in [-0.05, 0) is 36.4 Å². The van der Waals surface area contributed by atoms with Crippen LogP contribution in [-0.4, -0.2) is 54.2 Å². The lowest BCUT2D eigenvalue weighted by atomic mass is 10.0. The van der Waals surface area contributed by atoms with Crippen LogP contribution in [0.5, 0.6) is 0 Å². The predicted octanol–water partition coefficient (Wildman–Crippen LogP) is 3.40. The van der Waals surface area contributed by atoms with E-state index in [2.05, 4.69) is 0 Å². The number of hydrogen-bond acceptors (Lipinski definition) is 8. The van der Waals surface area contributed by atoms with Crippen molar-refractivity contribution < 1.29 is 38.4 Å². The molecule has 0 aromatic heterocycles. The van der Waals surface area contributed by atoms with Gasteiger partial charge in [0.25, 0.3) is 0 Å². The van der Waals surface area contributed by atoms with Crippen molar-refractivity contribution >= 4 is 17.9 Å². The first-order valence-electron chi connectivity index (χ1n) is 11.1. The molecule has 1 fully saturated rings. The first-order valence-corrected chi connectivity index (χ1v) is 11.1. The van der Waals surface area contributed by atoms with E-state index in [1.807, 2.05) is 0 Å². The second-order valence-corrected chi connectivity index (χ2v) is 7.89. The highest BCUT2D eigenvalue weighted by molar-refractivity contribution is 5.90. The summed E-state index contributed by atoms with van der Waals surface area (Å²) in [5.74, 6) is -1.90. The number of aliphatic hydroxyl groups excluding tert-OH is 1. The molecule has 180 valence electrons. The van der Waals surface area contributed by atoms with Gasteiger partial charge < -0.3 is 24.1 Å². The lowest BCUT2D eigenvalue weighted by Crippen LogP contribution is -2.53. The Morgan fingerprint density at radius 2 is 1.17 bits per heavy atom. The Morgan fingerprint density at radius 1 is 0.714 bits per heavy atom. The van der Waals surface area contributed by atoms with Crippen LogP contribution in [0.2, 0.25) is 0 Å². The van der Waals surface area contributed by atoms with Gasteiger partial charge in [-0.3, -0.25) is 0 Å². The van der Waals surface area contributed by atoms with Gasteiger partial charge in [0.05, 0.1) is 22.8 Å². The third-order valence-electron chi connectivity index (χ3n) is 5.40. The monoisotopic (exact) mass is 476 g/mol. The average Bonchev–Trinajstić information content (AvgIpc) is 2.90. The van der Waals surface area contributed by atoms with E-state index in [1.54, 1.807) is 91.0 Å². The molecule has 4 rings (SSSR count). The van der Waals surface area contributed by atoms with Crippen LogP contribution in [0.3, 0.4) is 0 Å². The minimum Gasteiger partial charge on any atom is -0.459 e. The van der Waals surface area contributed by atoms with Gasteiger partial charge in [0.2, 0.25) is 0 Å². The van der Waals surface area contributed by atoms with Crippen molar-refractivity contribution in [3.63, 3.8) is 0 Å². The molecule has 1 saturated heterocycles. The Hall–Kier alpha value is -4.01. The maximum Gasteiger partial charge on any atom is 0.338 e. The summed E-state index contributed by atoms with van der Waals surface area (Å²) in [4.78, 5) is 37.6. The molecule has 0 saturated carbocycles. The quantitative estimate of drug-likeness (QED) is 0.408. The Kier molecular flexibility index (Phi) is 7.87. The summed E-state index contributed by atoms with van der Waals surface area (Å²) in [7, 11) is 0. The number of esters is 3. The molecule has 0 aliphatic carbocycles. The number of benzene rings is 3. The van der Waals surface area contributed by atoms with E-state index in [0.29, 0.717) is 11.1 Å². The third kappa shape index (κ3) is 6.32. The molecular weight excluding hydrogens is 452 g/mol. The molecule has 0 bridgehead atoms. The predicted molar refractivity (Wildman–Crippen MR) is 124 cm³/mol. The van der Waals surface area contributed by atoms with Crippen molar-refractivity contribution in [3.8, 4) is 0 Å². The molecule has 1 unspecified atom stereocenters. The van der Waals surface area contributed by atoms with Gasteiger partial charge in [-0.15, -0.1) is 0 Å². The molecule has 0 radical (unpaired) electrons. The second kappa shape index (κ2) is 11.4. The minimum atomic E-state index is -1.61. The molecule has 3 aromatic carbocycles. The Balaban J connectivity index is 1.47. The van der Waals surface area contributed by atoms with Crippen molar-refractivity contribution in [2.75, 3.05) is 6.61 Å². The summed E-state index contributed by atoms with van der Waals surface area (Å²) in [5.41, 5.74) is 0.936. The average molecular weight is 476 g/mol. The van der Waals surface area contributed by atoms with Gasteiger partial charge in [-0.1, -0.05) is 54.6 Å². The van der Waals surface area contributed by atoms with Crippen LogP contribution in [0.15, 0.2) is 91.0 Å². The lowest BCUT2D eigenvalue weighted by molar-refractivity contribution is -0.251. The molecular formula is C27H24O8. The van der Waals surface area contributed by atoms with Crippen LogP contribution >= 0.6 is 0 Å². The third-order valence-corrected chi connectivity index (χ3v) is 5.40. The summed E-state index contributed by atoms with van der Waals surface area (Å²) < 4.78 is 22.0. The van der Waals surface area contributed by atoms with E-state index < -0.39 is 42.5 Å². The number of rotatable bonds is 7. The maximum absolute atomic E-state index is 12.7. The van der Waals surface area contributed by atoms with E-state index in [9.17, 15) is 19.5 Å². The van der Waals surface area contributed by atoms with E-state index in [1.165, 1.54) is 0 Å². The van der Waals surface area contributed by atoms with Crippen molar-refractivity contribution in [2.45, 2.75) is 31.0 Å². The maximum atomic E-state index is 12.7. The number of carbonyl (C=O) groups is 3. The molecule has 35 heavy (non-hydrogen) atoms. The summed E-state index contributed by atoms with van der Waals surface area (Å²) in [6, 6.07) is 25.0. The van der Waals surface area contributed by atoms with Crippen LogP contribution in [0, 0.1) is 0 Å². The minimum absolute atomic E-state index is 0.0322. The number of carbonyl (C=O) groups excluding carboxylic acids is 3. The SMILES string of the molecule is O=C(OC[C@@H]1C[C@H](OC(=O)c2ccccc2)[C@@H](OC(=O)c2ccccc2)C(O)O1)c1ccccc1. The first kappa shape index (κ1) is 24.1. The molecule has 3 aromatic rings. The van der Waals surface area contributed by atoms with Crippen molar-refractivity contribution in [3.05, 3.63) is 108 Å². The topological polar surface area (TPSA) is 108 Å². The van der Waals surface area contributed by atoms with E-state index >= 15 is 0 Å². The van der Waals surface area contributed by atoms with E-state index in [0.717, 1.165) is 0 Å². The Morgan fingerprint density at radius 3 is 1.69 bits per heavy atom. The fourth-order valence-electron chi connectivity index (χ4n) is 3.64. The van der Waals surface area contributed by atoms with Gasteiger partial charge in [0, 0.05) is 6.42 Å². The van der Waals surface area contributed by atoms with Crippen LogP contribution in [-0.2, 0) is 18.9 Å². The van der Waals surface area contributed by atoms with Crippen LogP contribution in [0.25, 0.3) is 0 Å². The number of ether oxygens (including phenoxy) is 4. The van der Waals surface area contributed by atoms with Gasteiger partial charge >= 0.3 is 17.9 Å². The largest absolute Gasteiger partial charge is 0.459 e. The highest BCUT2D eigenvalue weighted by Crippen LogP contribution is 2.26. The van der Waals surface area contributed by atoms with E-state index in [-0.39, 0.29) is 18.6 Å². The van der Waals surface area contributed by atoms with Gasteiger partial charge in [-0.2, -0.15) is 0 Å². The number of hydrogen-bond donors (Lipinski definition) is 1. The normalized spacial score (nSPS) is 21.5. The van der Waals surface area contributed by atoms with Crippen molar-refractivity contribution in [1.29, 1.82) is 0 Å². The number of aliphatic hydroxyl groups is 1. The van der Waals surface area contributed by atoms with Crippen molar-refractivity contribution in [2.24, 2.45) is 0 Å². The summed E-state index contributed by atoms with van der Waals surface area (Å²) in [6.45, 7) is -0.191. The summed E-state index contributed by atoms with van der Waals surface area (Å²) in [6.07, 6.45) is -4.69. The zero-order valence-corrected chi connectivity index (χ0v) is 18.7.